The number of hydrogen-bond donors (Lipinski definition) is 2. The third-order valence-electron chi connectivity index (χ3n) is 5.85. The molecule has 3 aromatic carbocycles. The first-order valence-electron chi connectivity index (χ1n) is 10.9. The molecule has 0 aromatic heterocycles. The lowest BCUT2D eigenvalue weighted by atomic mass is 10.0. The topological polar surface area (TPSA) is 87.7 Å². The minimum atomic E-state index is -4.21. The Hall–Kier alpha value is -3.17. The first kappa shape index (κ1) is 21.7. The van der Waals surface area contributed by atoms with Gasteiger partial charge in [0.15, 0.2) is 5.82 Å². The maximum absolute atomic E-state index is 15.9. The summed E-state index contributed by atoms with van der Waals surface area (Å²) >= 11 is 0. The van der Waals surface area contributed by atoms with Crippen LogP contribution in [0.25, 0.3) is 10.8 Å². The zero-order valence-corrected chi connectivity index (χ0v) is 18.7. The van der Waals surface area contributed by atoms with Gasteiger partial charge in [-0.2, -0.15) is 8.42 Å². The molecular formula is C24H24FN3O4S. The number of hydrogen-bond acceptors (Lipinski definition) is 5. The van der Waals surface area contributed by atoms with E-state index in [1.165, 1.54) is 12.8 Å². The fraction of sp³-hybridized carbons (Fsp3) is 0.292. The second-order valence-corrected chi connectivity index (χ2v) is 10.1. The van der Waals surface area contributed by atoms with Crippen molar-refractivity contribution in [3.05, 3.63) is 71.5 Å². The van der Waals surface area contributed by atoms with Gasteiger partial charge in [-0.05, 0) is 54.0 Å². The lowest BCUT2D eigenvalue weighted by Crippen LogP contribution is -2.30. The van der Waals surface area contributed by atoms with Gasteiger partial charge in [-0.1, -0.05) is 42.5 Å². The number of carbonyl (C=O) groups is 1. The Balaban J connectivity index is 1.53. The van der Waals surface area contributed by atoms with Crippen LogP contribution in [0.1, 0.15) is 24.0 Å². The third-order valence-corrected chi connectivity index (χ3v) is 7.23. The van der Waals surface area contributed by atoms with E-state index in [-0.39, 0.29) is 23.4 Å². The highest BCUT2D eigenvalue weighted by Crippen LogP contribution is 2.40. The number of nitrogens with one attached hydrogen (secondary N) is 2. The molecule has 0 unspecified atom stereocenters. The lowest BCUT2D eigenvalue weighted by molar-refractivity contribution is -0.117. The van der Waals surface area contributed by atoms with Crippen molar-refractivity contribution >= 4 is 32.6 Å². The van der Waals surface area contributed by atoms with Crippen LogP contribution in [-0.2, 0) is 28.2 Å². The Kier molecular flexibility index (Phi) is 5.67. The first-order chi connectivity index (χ1) is 15.9. The van der Waals surface area contributed by atoms with Crippen molar-refractivity contribution in [3.63, 3.8) is 0 Å². The molecule has 2 aliphatic rings. The molecule has 0 atom stereocenters. The number of rotatable bonds is 8. The van der Waals surface area contributed by atoms with E-state index in [0.29, 0.717) is 11.9 Å². The van der Waals surface area contributed by atoms with Crippen molar-refractivity contribution in [2.75, 3.05) is 17.4 Å². The minimum Gasteiger partial charge on any atom is -0.487 e. The summed E-state index contributed by atoms with van der Waals surface area (Å²) in [6.45, 7) is 1.14. The molecule has 9 heteroatoms. The number of amides is 1. The number of ether oxygens (including phenoxy) is 1. The van der Waals surface area contributed by atoms with E-state index in [0.717, 1.165) is 27.9 Å². The summed E-state index contributed by atoms with van der Waals surface area (Å²) < 4.78 is 49.5. The summed E-state index contributed by atoms with van der Waals surface area (Å²) in [6.07, 6.45) is 2.48. The normalized spacial score (nSPS) is 17.4. The molecule has 0 spiro atoms. The largest absolute Gasteiger partial charge is 0.487 e. The van der Waals surface area contributed by atoms with Crippen molar-refractivity contribution in [2.24, 2.45) is 5.92 Å². The van der Waals surface area contributed by atoms with Gasteiger partial charge in [0.05, 0.1) is 0 Å². The van der Waals surface area contributed by atoms with Crippen LogP contribution in [0.15, 0.2) is 54.6 Å². The molecule has 1 saturated heterocycles. The van der Waals surface area contributed by atoms with Crippen molar-refractivity contribution in [1.29, 1.82) is 0 Å². The fourth-order valence-electron chi connectivity index (χ4n) is 3.94. The van der Waals surface area contributed by atoms with Crippen LogP contribution in [0, 0.1) is 11.7 Å². The Morgan fingerprint density at radius 3 is 2.58 bits per heavy atom. The molecule has 1 amide bonds. The van der Waals surface area contributed by atoms with E-state index < -0.39 is 28.5 Å². The molecular weight excluding hydrogens is 445 g/mol. The zero-order chi connectivity index (χ0) is 23.0. The second kappa shape index (κ2) is 8.64. The fourth-order valence-corrected chi connectivity index (χ4v) is 5.10. The van der Waals surface area contributed by atoms with Gasteiger partial charge < -0.3 is 10.1 Å². The van der Waals surface area contributed by atoms with E-state index in [2.05, 4.69) is 5.32 Å². The van der Waals surface area contributed by atoms with E-state index in [1.54, 1.807) is 18.2 Å². The lowest BCUT2D eigenvalue weighted by Gasteiger charge is -2.21. The summed E-state index contributed by atoms with van der Waals surface area (Å²) in [5.74, 6) is -0.673. The Morgan fingerprint density at radius 1 is 1.09 bits per heavy atom. The van der Waals surface area contributed by atoms with E-state index in [9.17, 15) is 13.2 Å². The predicted molar refractivity (Wildman–Crippen MR) is 124 cm³/mol. The quantitative estimate of drug-likeness (QED) is 0.529. The van der Waals surface area contributed by atoms with Crippen molar-refractivity contribution in [1.82, 2.24) is 10.0 Å². The highest BCUT2D eigenvalue weighted by molar-refractivity contribution is 7.92. The maximum atomic E-state index is 15.9. The van der Waals surface area contributed by atoms with Gasteiger partial charge in [-0.15, -0.1) is 0 Å². The highest BCUT2D eigenvalue weighted by atomic mass is 32.2. The number of nitrogens with zero attached hydrogens (tertiary/aromatic N) is 1. The monoisotopic (exact) mass is 469 g/mol. The molecule has 172 valence electrons. The summed E-state index contributed by atoms with van der Waals surface area (Å²) in [7, 11) is -4.21. The van der Waals surface area contributed by atoms with Crippen LogP contribution in [0.3, 0.4) is 0 Å². The summed E-state index contributed by atoms with van der Waals surface area (Å²) in [4.78, 5) is 11.8. The van der Waals surface area contributed by atoms with Gasteiger partial charge in [0, 0.05) is 11.9 Å². The standard InChI is InChI=1S/C24H24FN3O4S/c25-23-20-10-18(13-26-12-16-6-7-16)8-9-19(20)11-21(32-15-17-4-2-1-3-5-17)24(23)28-14-22(29)27-33(28,30)31/h1-5,8-11,16,26H,6-7,12-15H2,(H,27,29). The Morgan fingerprint density at radius 2 is 1.88 bits per heavy atom. The number of anilines is 1. The molecule has 2 N–H and O–H groups in total. The molecule has 2 fully saturated rings. The van der Waals surface area contributed by atoms with Gasteiger partial charge in [0.1, 0.15) is 24.6 Å². The molecule has 7 nitrogen and oxygen atoms in total. The molecule has 1 saturated carbocycles. The Labute approximate surface area is 191 Å². The number of carbonyl (C=O) groups excluding carboxylic acids is 1. The molecule has 1 aliphatic carbocycles. The van der Waals surface area contributed by atoms with Gasteiger partial charge in [-0.3, -0.25) is 4.79 Å². The molecule has 0 radical (unpaired) electrons. The Bertz CT molecular complexity index is 1310. The predicted octanol–water partition coefficient (Wildman–Crippen LogP) is 3.24. The van der Waals surface area contributed by atoms with Gasteiger partial charge in [-0.25, -0.2) is 13.4 Å². The number of halogens is 1. The van der Waals surface area contributed by atoms with Crippen LogP contribution in [0.4, 0.5) is 10.1 Å². The average Bonchev–Trinajstić information content (AvgIpc) is 3.57. The van der Waals surface area contributed by atoms with Crippen LogP contribution < -0.4 is 19.1 Å². The average molecular weight is 470 g/mol. The van der Waals surface area contributed by atoms with Crippen molar-refractivity contribution < 1.29 is 22.3 Å². The van der Waals surface area contributed by atoms with Crippen LogP contribution in [-0.4, -0.2) is 27.4 Å². The van der Waals surface area contributed by atoms with E-state index >= 15 is 4.39 Å². The number of fused-ring (bicyclic) bond motifs is 1. The molecule has 3 aromatic rings. The number of benzene rings is 3. The summed E-state index contributed by atoms with van der Waals surface area (Å²) in [5, 5.41) is 4.24. The first-order valence-corrected chi connectivity index (χ1v) is 12.3. The molecule has 0 bridgehead atoms. The molecule has 33 heavy (non-hydrogen) atoms. The zero-order valence-electron chi connectivity index (χ0n) is 17.9. The SMILES string of the molecule is O=C1CN(c2c(OCc3ccccc3)cc3ccc(CNCC4CC4)cc3c2F)S(=O)(=O)N1. The second-order valence-electron chi connectivity index (χ2n) is 8.48. The van der Waals surface area contributed by atoms with E-state index in [1.807, 2.05) is 41.1 Å². The smallest absolute Gasteiger partial charge is 0.326 e. The molecule has 1 aliphatic heterocycles. The summed E-state index contributed by atoms with van der Waals surface area (Å²) in [6, 6.07) is 16.3. The van der Waals surface area contributed by atoms with Crippen LogP contribution in [0.2, 0.25) is 0 Å². The van der Waals surface area contributed by atoms with E-state index in [4.69, 9.17) is 4.74 Å². The summed E-state index contributed by atoms with van der Waals surface area (Å²) in [5.41, 5.74) is 1.48. The third kappa shape index (κ3) is 4.65. The minimum absolute atomic E-state index is 0.0588. The maximum Gasteiger partial charge on any atom is 0.326 e. The van der Waals surface area contributed by atoms with Crippen molar-refractivity contribution in [2.45, 2.75) is 26.0 Å². The van der Waals surface area contributed by atoms with Gasteiger partial charge >= 0.3 is 10.2 Å². The van der Waals surface area contributed by atoms with Gasteiger partial charge in [0.25, 0.3) is 5.91 Å². The van der Waals surface area contributed by atoms with Crippen LogP contribution >= 0.6 is 0 Å². The molecule has 5 rings (SSSR count). The van der Waals surface area contributed by atoms with Crippen LogP contribution in [0.5, 0.6) is 5.75 Å². The van der Waals surface area contributed by atoms with Gasteiger partial charge in [0.2, 0.25) is 0 Å². The highest BCUT2D eigenvalue weighted by Gasteiger charge is 2.38. The van der Waals surface area contributed by atoms with Crippen molar-refractivity contribution in [3.8, 4) is 5.75 Å². The molecule has 1 heterocycles.